The average Bonchev–Trinajstić information content (AvgIpc) is 3.07. The molecule has 3 aromatic rings. The minimum absolute atomic E-state index is 0.322. The zero-order valence-electron chi connectivity index (χ0n) is 13.1. The van der Waals surface area contributed by atoms with Crippen LogP contribution in [0.15, 0.2) is 41.8 Å². The summed E-state index contributed by atoms with van der Waals surface area (Å²) in [6, 6.07) is 13.5. The third kappa shape index (κ3) is 2.30. The van der Waals surface area contributed by atoms with Crippen LogP contribution in [0.4, 0.5) is 0 Å². The second kappa shape index (κ2) is 5.66. The van der Waals surface area contributed by atoms with Crippen molar-refractivity contribution in [1.82, 2.24) is 9.47 Å². The predicted octanol–water partition coefficient (Wildman–Crippen LogP) is 4.68. The van der Waals surface area contributed by atoms with Gasteiger partial charge in [-0.1, -0.05) is 24.3 Å². The van der Waals surface area contributed by atoms with Gasteiger partial charge in [-0.15, -0.1) is 11.3 Å². The van der Waals surface area contributed by atoms with Gasteiger partial charge in [0.1, 0.15) is 0 Å². The molecule has 0 spiro atoms. The molecule has 2 nitrogen and oxygen atoms in total. The molecule has 1 unspecified atom stereocenters. The molecule has 3 rings (SSSR count). The third-order valence-electron chi connectivity index (χ3n) is 4.20. The maximum absolute atomic E-state index is 2.43. The minimum atomic E-state index is 0.322. The Labute approximate surface area is 130 Å². The molecule has 3 heteroatoms. The lowest BCUT2D eigenvalue weighted by molar-refractivity contribution is 0.346. The number of rotatable bonds is 4. The van der Waals surface area contributed by atoms with Crippen molar-refractivity contribution in [3.8, 4) is 0 Å². The highest BCUT2D eigenvalue weighted by atomic mass is 32.1. The van der Waals surface area contributed by atoms with Gasteiger partial charge in [-0.05, 0) is 45.5 Å². The molecule has 0 N–H and O–H groups in total. The second-order valence-electron chi connectivity index (χ2n) is 5.64. The van der Waals surface area contributed by atoms with E-state index in [9.17, 15) is 0 Å². The average molecular weight is 298 g/mol. The molecule has 0 bridgehead atoms. The molecule has 2 aromatic heterocycles. The Morgan fingerprint density at radius 3 is 2.52 bits per heavy atom. The van der Waals surface area contributed by atoms with Crippen LogP contribution in [0, 0.1) is 6.92 Å². The Bertz CT molecular complexity index is 738. The van der Waals surface area contributed by atoms with Crippen LogP contribution < -0.4 is 0 Å². The predicted molar refractivity (Wildman–Crippen MR) is 92.2 cm³/mol. The fourth-order valence-corrected chi connectivity index (χ4v) is 4.24. The summed E-state index contributed by atoms with van der Waals surface area (Å²) in [7, 11) is 4.34. The largest absolute Gasteiger partial charge is 0.345 e. The summed E-state index contributed by atoms with van der Waals surface area (Å²) in [4.78, 5) is 3.72. The van der Waals surface area contributed by atoms with Crippen molar-refractivity contribution in [3.63, 3.8) is 0 Å². The van der Waals surface area contributed by atoms with Crippen molar-refractivity contribution in [3.05, 3.63) is 57.9 Å². The van der Waals surface area contributed by atoms with Crippen molar-refractivity contribution in [2.75, 3.05) is 14.1 Å². The SMILES string of the molecule is CCn1c(C)c(C(c2cccs2)N(C)C)c2ccccc21. The fraction of sp³-hybridized carbons (Fsp3) is 0.333. The van der Waals surface area contributed by atoms with E-state index in [4.69, 9.17) is 0 Å². The third-order valence-corrected chi connectivity index (χ3v) is 5.12. The lowest BCUT2D eigenvalue weighted by Gasteiger charge is -2.24. The van der Waals surface area contributed by atoms with Gasteiger partial charge in [-0.3, -0.25) is 4.90 Å². The van der Waals surface area contributed by atoms with E-state index in [1.807, 2.05) is 11.3 Å². The molecule has 21 heavy (non-hydrogen) atoms. The number of thiophene rings is 1. The minimum Gasteiger partial charge on any atom is -0.345 e. The molecule has 110 valence electrons. The molecule has 0 saturated heterocycles. The Balaban J connectivity index is 2.30. The van der Waals surface area contributed by atoms with Gasteiger partial charge in [0.2, 0.25) is 0 Å². The molecule has 0 fully saturated rings. The Kier molecular flexibility index (Phi) is 3.87. The summed E-state index contributed by atoms with van der Waals surface area (Å²) in [5, 5.41) is 3.55. The van der Waals surface area contributed by atoms with E-state index in [0.717, 1.165) is 6.54 Å². The summed E-state index contributed by atoms with van der Waals surface area (Å²) < 4.78 is 2.43. The lowest BCUT2D eigenvalue weighted by Crippen LogP contribution is -2.21. The molecule has 0 saturated carbocycles. The number of para-hydroxylation sites is 1. The molecule has 0 amide bonds. The Morgan fingerprint density at radius 2 is 1.90 bits per heavy atom. The van der Waals surface area contributed by atoms with Crippen LogP contribution in [-0.4, -0.2) is 23.6 Å². The van der Waals surface area contributed by atoms with Crippen molar-refractivity contribution in [2.24, 2.45) is 0 Å². The first-order chi connectivity index (χ1) is 10.1. The molecule has 0 aliphatic carbocycles. The quantitative estimate of drug-likeness (QED) is 0.679. The van der Waals surface area contributed by atoms with Crippen LogP contribution in [-0.2, 0) is 6.54 Å². The number of hydrogen-bond donors (Lipinski definition) is 0. The first-order valence-electron chi connectivity index (χ1n) is 7.42. The van der Waals surface area contributed by atoms with E-state index in [0.29, 0.717) is 6.04 Å². The van der Waals surface area contributed by atoms with Crippen LogP contribution in [0.1, 0.15) is 29.1 Å². The van der Waals surface area contributed by atoms with Crippen molar-refractivity contribution >= 4 is 22.2 Å². The lowest BCUT2D eigenvalue weighted by atomic mass is 10.0. The second-order valence-corrected chi connectivity index (χ2v) is 6.62. The van der Waals surface area contributed by atoms with Gasteiger partial charge in [-0.2, -0.15) is 0 Å². The van der Waals surface area contributed by atoms with E-state index < -0.39 is 0 Å². The topological polar surface area (TPSA) is 8.17 Å². The highest BCUT2D eigenvalue weighted by Gasteiger charge is 2.25. The molecule has 0 radical (unpaired) electrons. The summed E-state index contributed by atoms with van der Waals surface area (Å²) >= 11 is 1.84. The molecular formula is C18H22N2S. The van der Waals surface area contributed by atoms with Gasteiger partial charge in [0.15, 0.2) is 0 Å². The highest BCUT2D eigenvalue weighted by Crippen LogP contribution is 2.38. The first kappa shape index (κ1) is 14.4. The van der Waals surface area contributed by atoms with Crippen LogP contribution in [0.2, 0.25) is 0 Å². The molecule has 1 atom stereocenters. The number of aromatic nitrogens is 1. The number of nitrogens with zero attached hydrogens (tertiary/aromatic N) is 2. The van der Waals surface area contributed by atoms with Crippen LogP contribution in [0.3, 0.4) is 0 Å². The Hall–Kier alpha value is -1.58. The van der Waals surface area contributed by atoms with E-state index >= 15 is 0 Å². The van der Waals surface area contributed by atoms with Gasteiger partial charge in [-0.25, -0.2) is 0 Å². The van der Waals surface area contributed by atoms with Gasteiger partial charge >= 0.3 is 0 Å². The fourth-order valence-electron chi connectivity index (χ4n) is 3.31. The maximum Gasteiger partial charge on any atom is 0.0714 e. The van der Waals surface area contributed by atoms with E-state index in [1.54, 1.807) is 0 Å². The van der Waals surface area contributed by atoms with Crippen LogP contribution >= 0.6 is 11.3 Å². The summed E-state index contributed by atoms with van der Waals surface area (Å²) in [6.45, 7) is 5.49. The number of hydrogen-bond acceptors (Lipinski definition) is 2. The van der Waals surface area contributed by atoms with Crippen molar-refractivity contribution in [1.29, 1.82) is 0 Å². The van der Waals surface area contributed by atoms with Crippen molar-refractivity contribution < 1.29 is 0 Å². The van der Waals surface area contributed by atoms with Crippen molar-refractivity contribution in [2.45, 2.75) is 26.4 Å². The monoisotopic (exact) mass is 298 g/mol. The smallest absolute Gasteiger partial charge is 0.0714 e. The molecule has 1 aromatic carbocycles. The molecular weight excluding hydrogens is 276 g/mol. The zero-order valence-corrected chi connectivity index (χ0v) is 13.9. The van der Waals surface area contributed by atoms with Gasteiger partial charge < -0.3 is 4.57 Å². The van der Waals surface area contributed by atoms with Gasteiger partial charge in [0, 0.05) is 33.6 Å². The maximum atomic E-state index is 2.43. The summed E-state index contributed by atoms with van der Waals surface area (Å²) in [6.07, 6.45) is 0. The van der Waals surface area contributed by atoms with Crippen LogP contribution in [0.5, 0.6) is 0 Å². The molecule has 0 aliphatic heterocycles. The van der Waals surface area contributed by atoms with E-state index in [2.05, 4.69) is 79.2 Å². The number of fused-ring (bicyclic) bond motifs is 1. The summed E-state index contributed by atoms with van der Waals surface area (Å²) in [5.41, 5.74) is 4.17. The zero-order chi connectivity index (χ0) is 15.0. The first-order valence-corrected chi connectivity index (χ1v) is 8.30. The standard InChI is InChI=1S/C18H22N2S/c1-5-20-13(2)17(14-9-6-7-10-15(14)20)18(19(3)4)16-11-8-12-21-16/h6-12,18H,5H2,1-4H3. The van der Waals surface area contributed by atoms with Gasteiger partial charge in [0.05, 0.1) is 6.04 Å². The number of aryl methyl sites for hydroxylation is 1. The van der Waals surface area contributed by atoms with E-state index in [-0.39, 0.29) is 0 Å². The molecule has 2 heterocycles. The summed E-state index contributed by atoms with van der Waals surface area (Å²) in [5.74, 6) is 0. The molecule has 0 aliphatic rings. The Morgan fingerprint density at radius 1 is 1.14 bits per heavy atom. The van der Waals surface area contributed by atoms with E-state index in [1.165, 1.54) is 27.0 Å². The van der Waals surface area contributed by atoms with Crippen LogP contribution in [0.25, 0.3) is 10.9 Å². The number of benzene rings is 1. The highest BCUT2D eigenvalue weighted by molar-refractivity contribution is 7.10. The normalized spacial score (nSPS) is 13.2. The van der Waals surface area contributed by atoms with Gasteiger partial charge in [0.25, 0.3) is 0 Å².